The highest BCUT2D eigenvalue weighted by Gasteiger charge is 2.71. The van der Waals surface area contributed by atoms with E-state index in [0.29, 0.717) is 22.5 Å². The number of carbonyl (C=O) groups is 2. The summed E-state index contributed by atoms with van der Waals surface area (Å²) in [6.07, 6.45) is -13.3. The van der Waals surface area contributed by atoms with Gasteiger partial charge in [0.25, 0.3) is 15.6 Å². The molecular formula is C23H22F7N3O5S. The van der Waals surface area contributed by atoms with Crippen molar-refractivity contribution < 1.29 is 53.8 Å². The summed E-state index contributed by atoms with van der Waals surface area (Å²) in [5, 5.41) is 14.3. The highest BCUT2D eigenvalue weighted by Crippen LogP contribution is 2.51. The van der Waals surface area contributed by atoms with Gasteiger partial charge in [-0.3, -0.25) is 13.9 Å². The number of halogens is 7. The maximum absolute atomic E-state index is 13.6. The van der Waals surface area contributed by atoms with Crippen molar-refractivity contribution >= 4 is 27.5 Å². The third-order valence-corrected chi connectivity index (χ3v) is 8.03. The number of rotatable bonds is 7. The van der Waals surface area contributed by atoms with Crippen molar-refractivity contribution in [2.75, 3.05) is 17.9 Å². The molecule has 2 amide bonds. The SMILES string of the molecule is CNC(=O)CNC(=O)CC1CCc2cc(C(O)(C(F)(F)F)C(F)(F)F)ccc2N1S(=O)(=O)c1ccc(F)cc1. The van der Waals surface area contributed by atoms with Gasteiger partial charge in [0.1, 0.15) is 5.82 Å². The highest BCUT2D eigenvalue weighted by atomic mass is 32.2. The van der Waals surface area contributed by atoms with E-state index in [-0.39, 0.29) is 24.1 Å². The molecule has 1 heterocycles. The Kier molecular flexibility index (Phi) is 8.22. The molecule has 8 nitrogen and oxygen atoms in total. The molecule has 39 heavy (non-hydrogen) atoms. The largest absolute Gasteiger partial charge is 0.430 e. The lowest BCUT2D eigenvalue weighted by Gasteiger charge is -2.39. The summed E-state index contributed by atoms with van der Waals surface area (Å²) < 4.78 is 122. The second-order valence-electron chi connectivity index (χ2n) is 8.65. The van der Waals surface area contributed by atoms with E-state index >= 15 is 0 Å². The maximum atomic E-state index is 13.6. The number of carbonyl (C=O) groups excluding carboxylic acids is 2. The summed E-state index contributed by atoms with van der Waals surface area (Å²) in [6.45, 7) is -0.430. The molecule has 214 valence electrons. The average Bonchev–Trinajstić information content (AvgIpc) is 2.85. The number of benzene rings is 2. The summed E-state index contributed by atoms with van der Waals surface area (Å²) in [4.78, 5) is 23.4. The van der Waals surface area contributed by atoms with Crippen LogP contribution < -0.4 is 14.9 Å². The van der Waals surface area contributed by atoms with Gasteiger partial charge in [0.15, 0.2) is 0 Å². The molecule has 1 unspecified atom stereocenters. The van der Waals surface area contributed by atoms with Crippen molar-refractivity contribution in [3.05, 3.63) is 59.4 Å². The average molecular weight is 585 g/mol. The Bertz CT molecular complexity index is 1330. The van der Waals surface area contributed by atoms with E-state index in [0.717, 1.165) is 24.3 Å². The predicted molar refractivity (Wildman–Crippen MR) is 122 cm³/mol. The molecule has 3 rings (SSSR count). The van der Waals surface area contributed by atoms with Crippen molar-refractivity contribution in [2.24, 2.45) is 0 Å². The first-order chi connectivity index (χ1) is 17.9. The van der Waals surface area contributed by atoms with Crippen molar-refractivity contribution in [1.82, 2.24) is 10.6 Å². The minimum atomic E-state index is -6.15. The minimum Gasteiger partial charge on any atom is -0.369 e. The number of amides is 2. The highest BCUT2D eigenvalue weighted by molar-refractivity contribution is 7.92. The van der Waals surface area contributed by atoms with Crippen LogP contribution >= 0.6 is 0 Å². The number of likely N-dealkylation sites (N-methyl/N-ethyl adjacent to an activating group) is 1. The van der Waals surface area contributed by atoms with E-state index in [2.05, 4.69) is 10.6 Å². The molecule has 3 N–H and O–H groups in total. The number of sulfonamides is 1. The summed E-state index contributed by atoms with van der Waals surface area (Å²) in [5.74, 6) is -2.09. The van der Waals surface area contributed by atoms with Crippen molar-refractivity contribution in [3.8, 4) is 0 Å². The molecule has 0 saturated carbocycles. The number of anilines is 1. The van der Waals surface area contributed by atoms with Gasteiger partial charge in [-0.25, -0.2) is 12.8 Å². The maximum Gasteiger partial charge on any atom is 0.430 e. The van der Waals surface area contributed by atoms with Gasteiger partial charge in [-0.2, -0.15) is 26.3 Å². The summed E-state index contributed by atoms with van der Waals surface area (Å²) in [7, 11) is -3.31. The summed E-state index contributed by atoms with van der Waals surface area (Å²) >= 11 is 0. The first kappa shape index (κ1) is 30.1. The first-order valence-electron chi connectivity index (χ1n) is 11.2. The van der Waals surface area contributed by atoms with Crippen molar-refractivity contribution in [3.63, 3.8) is 0 Å². The molecule has 0 saturated heterocycles. The Morgan fingerprint density at radius 1 is 1.00 bits per heavy atom. The van der Waals surface area contributed by atoms with Crippen LogP contribution in [-0.2, 0) is 31.6 Å². The fraction of sp³-hybridized carbons (Fsp3) is 0.391. The molecule has 2 aromatic rings. The van der Waals surface area contributed by atoms with Gasteiger partial charge in [0.05, 0.1) is 23.2 Å². The van der Waals surface area contributed by atoms with Gasteiger partial charge in [-0.1, -0.05) is 12.1 Å². The first-order valence-corrected chi connectivity index (χ1v) is 12.6. The molecule has 1 aliphatic rings. The minimum absolute atomic E-state index is 0.221. The summed E-state index contributed by atoms with van der Waals surface area (Å²) in [6, 6.07) is 3.71. The lowest BCUT2D eigenvalue weighted by atomic mass is 9.87. The number of aryl methyl sites for hydroxylation is 1. The zero-order valence-electron chi connectivity index (χ0n) is 20.0. The van der Waals surface area contributed by atoms with E-state index in [1.54, 1.807) is 0 Å². The van der Waals surface area contributed by atoms with E-state index in [1.165, 1.54) is 7.05 Å². The molecule has 1 aliphatic heterocycles. The molecule has 0 fully saturated rings. The second-order valence-corrected chi connectivity index (χ2v) is 10.5. The third-order valence-electron chi connectivity index (χ3n) is 6.15. The van der Waals surface area contributed by atoms with E-state index in [4.69, 9.17) is 0 Å². The molecule has 1 atom stereocenters. The zero-order valence-corrected chi connectivity index (χ0v) is 20.8. The number of fused-ring (bicyclic) bond motifs is 1. The normalized spacial score (nSPS) is 16.4. The Morgan fingerprint density at radius 3 is 2.13 bits per heavy atom. The number of alkyl halides is 6. The lowest BCUT2D eigenvalue weighted by molar-refractivity contribution is -0.376. The van der Waals surface area contributed by atoms with Crippen LogP contribution in [0, 0.1) is 5.82 Å². The van der Waals surface area contributed by atoms with Crippen LogP contribution in [-0.4, -0.2) is 57.3 Å². The van der Waals surface area contributed by atoms with E-state index < -0.39 is 75.1 Å². The van der Waals surface area contributed by atoms with Crippen LogP contribution in [0.1, 0.15) is 24.0 Å². The predicted octanol–water partition coefficient (Wildman–Crippen LogP) is 2.90. The number of hydrogen-bond donors (Lipinski definition) is 3. The van der Waals surface area contributed by atoms with Gasteiger partial charge >= 0.3 is 12.4 Å². The molecule has 0 aromatic heterocycles. The number of aliphatic hydroxyl groups is 1. The number of nitrogens with zero attached hydrogens (tertiary/aromatic N) is 1. The molecule has 0 aliphatic carbocycles. The zero-order chi connectivity index (χ0) is 29.4. The Labute approximate surface area is 217 Å². The van der Waals surface area contributed by atoms with E-state index in [1.807, 2.05) is 0 Å². The van der Waals surface area contributed by atoms with Crippen LogP contribution in [0.15, 0.2) is 47.4 Å². The topological polar surface area (TPSA) is 116 Å². The van der Waals surface area contributed by atoms with Crippen molar-refractivity contribution in [2.45, 2.75) is 48.2 Å². The van der Waals surface area contributed by atoms with Crippen LogP contribution in [0.3, 0.4) is 0 Å². The van der Waals surface area contributed by atoms with Gasteiger partial charge in [0, 0.05) is 19.0 Å². The van der Waals surface area contributed by atoms with Crippen LogP contribution in [0.25, 0.3) is 0 Å². The third kappa shape index (κ3) is 5.80. The van der Waals surface area contributed by atoms with Gasteiger partial charge in [-0.15, -0.1) is 0 Å². The molecule has 0 radical (unpaired) electrons. The van der Waals surface area contributed by atoms with E-state index in [9.17, 15) is 53.8 Å². The standard InChI is InChI=1S/C23H22F7N3O5S/c1-31-20(35)12-32-19(34)11-16-6-2-13-10-14(21(36,22(25,26)27)23(28,29)30)3-9-18(13)33(16)39(37,38)17-7-4-15(24)5-8-17/h3-5,7-10,16,36H,2,6,11-12H2,1H3,(H,31,35)(H,32,34). The van der Waals surface area contributed by atoms with Crippen molar-refractivity contribution in [1.29, 1.82) is 0 Å². The van der Waals surface area contributed by atoms with Crippen LogP contribution in [0.5, 0.6) is 0 Å². The Hall–Kier alpha value is -3.40. The Morgan fingerprint density at radius 2 is 1.59 bits per heavy atom. The second kappa shape index (κ2) is 10.6. The molecule has 0 spiro atoms. The monoisotopic (exact) mass is 585 g/mol. The fourth-order valence-electron chi connectivity index (χ4n) is 4.13. The fourth-order valence-corrected chi connectivity index (χ4v) is 5.85. The molecule has 0 bridgehead atoms. The smallest absolute Gasteiger partial charge is 0.369 e. The molecule has 2 aromatic carbocycles. The molecule has 16 heteroatoms. The van der Waals surface area contributed by atoms with Gasteiger partial charge < -0.3 is 15.7 Å². The summed E-state index contributed by atoms with van der Waals surface area (Å²) in [5.41, 5.74) is -7.40. The van der Waals surface area contributed by atoms with Crippen LogP contribution in [0.2, 0.25) is 0 Å². The Balaban J connectivity index is 2.11. The van der Waals surface area contributed by atoms with Crippen LogP contribution in [0.4, 0.5) is 36.4 Å². The van der Waals surface area contributed by atoms with Gasteiger partial charge in [0.2, 0.25) is 11.8 Å². The molecular weight excluding hydrogens is 563 g/mol. The number of hydrogen-bond acceptors (Lipinski definition) is 5. The van der Waals surface area contributed by atoms with Gasteiger partial charge in [-0.05, 0) is 48.7 Å². The number of nitrogens with one attached hydrogen (secondary N) is 2. The lowest BCUT2D eigenvalue weighted by Crippen LogP contribution is -2.54. The quantitative estimate of drug-likeness (QED) is 0.433.